The number of carbonyl (C=O) groups excluding carboxylic acids is 2. The van der Waals surface area contributed by atoms with E-state index in [1.165, 1.54) is 0 Å². The molecule has 2 heterocycles. The monoisotopic (exact) mass is 416 g/mol. The highest BCUT2D eigenvalue weighted by Crippen LogP contribution is 2.25. The summed E-state index contributed by atoms with van der Waals surface area (Å²) in [6, 6.07) is 21.5. The minimum absolute atomic E-state index is 0.0182. The van der Waals surface area contributed by atoms with E-state index in [1.807, 2.05) is 67.6 Å². The van der Waals surface area contributed by atoms with Crippen LogP contribution in [-0.4, -0.2) is 29.8 Å². The molecule has 1 N–H and O–H groups in total. The Morgan fingerprint density at radius 3 is 2.16 bits per heavy atom. The number of carbonyl (C=O) groups is 2. The summed E-state index contributed by atoms with van der Waals surface area (Å²) in [5.41, 5.74) is 2.66. The highest BCUT2D eigenvalue weighted by molar-refractivity contribution is 5.95. The Morgan fingerprint density at radius 2 is 1.61 bits per heavy atom. The van der Waals surface area contributed by atoms with Gasteiger partial charge in [0.2, 0.25) is 5.91 Å². The molecule has 1 unspecified atom stereocenters. The van der Waals surface area contributed by atoms with Gasteiger partial charge >= 0.3 is 0 Å². The lowest BCUT2D eigenvalue weighted by molar-refractivity contribution is -0.126. The summed E-state index contributed by atoms with van der Waals surface area (Å²) in [6.07, 6.45) is 1.58. The van der Waals surface area contributed by atoms with Crippen molar-refractivity contribution in [2.75, 3.05) is 13.1 Å². The van der Waals surface area contributed by atoms with Crippen molar-refractivity contribution in [1.82, 2.24) is 10.2 Å². The Hall–Kier alpha value is -3.34. The van der Waals surface area contributed by atoms with Crippen molar-refractivity contribution in [3.05, 3.63) is 94.9 Å². The molecule has 1 aromatic heterocycles. The predicted octanol–water partition coefficient (Wildman–Crippen LogP) is 4.65. The van der Waals surface area contributed by atoms with Gasteiger partial charge in [0, 0.05) is 13.1 Å². The maximum atomic E-state index is 13.3. The molecule has 0 radical (unpaired) electrons. The molecule has 5 heteroatoms. The van der Waals surface area contributed by atoms with Gasteiger partial charge in [-0.2, -0.15) is 0 Å². The van der Waals surface area contributed by atoms with Crippen molar-refractivity contribution in [3.8, 4) is 0 Å². The smallest absolute Gasteiger partial charge is 0.257 e. The molecule has 5 nitrogen and oxygen atoms in total. The molecule has 31 heavy (non-hydrogen) atoms. The van der Waals surface area contributed by atoms with Gasteiger partial charge in [0.15, 0.2) is 0 Å². The molecule has 1 aliphatic heterocycles. The van der Waals surface area contributed by atoms with E-state index in [2.05, 4.69) is 5.32 Å². The Kier molecular flexibility index (Phi) is 6.21. The predicted molar refractivity (Wildman–Crippen MR) is 120 cm³/mol. The highest BCUT2D eigenvalue weighted by Gasteiger charge is 2.31. The third-order valence-electron chi connectivity index (χ3n) is 5.90. The van der Waals surface area contributed by atoms with Gasteiger partial charge in [0.1, 0.15) is 11.5 Å². The molecule has 1 aliphatic rings. The van der Waals surface area contributed by atoms with Crippen LogP contribution in [0.3, 0.4) is 0 Å². The zero-order valence-corrected chi connectivity index (χ0v) is 18.0. The normalized spacial score (nSPS) is 16.4. The number of benzene rings is 2. The van der Waals surface area contributed by atoms with E-state index in [0.717, 1.165) is 29.7 Å². The summed E-state index contributed by atoms with van der Waals surface area (Å²) in [6.45, 7) is 4.72. The minimum Gasteiger partial charge on any atom is -0.466 e. The number of likely N-dealkylation sites (tertiary alicyclic amines) is 1. The maximum absolute atomic E-state index is 13.3. The van der Waals surface area contributed by atoms with Gasteiger partial charge in [0.25, 0.3) is 5.91 Å². The second-order valence-electron chi connectivity index (χ2n) is 8.18. The molecule has 3 aromatic rings. The highest BCUT2D eigenvalue weighted by atomic mass is 16.3. The maximum Gasteiger partial charge on any atom is 0.257 e. The first-order valence-corrected chi connectivity index (χ1v) is 10.8. The molecule has 2 amide bonds. The van der Waals surface area contributed by atoms with Crippen molar-refractivity contribution in [2.45, 2.75) is 32.7 Å². The lowest BCUT2D eigenvalue weighted by Crippen LogP contribution is -2.46. The van der Waals surface area contributed by atoms with E-state index in [9.17, 15) is 9.59 Å². The molecule has 0 saturated carbocycles. The van der Waals surface area contributed by atoms with E-state index < -0.39 is 0 Å². The van der Waals surface area contributed by atoms with Crippen LogP contribution >= 0.6 is 0 Å². The van der Waals surface area contributed by atoms with Crippen molar-refractivity contribution in [3.63, 3.8) is 0 Å². The Labute approximate surface area is 183 Å². The average molecular weight is 417 g/mol. The fourth-order valence-corrected chi connectivity index (χ4v) is 4.30. The van der Waals surface area contributed by atoms with Crippen LogP contribution in [0.5, 0.6) is 0 Å². The Balaban J connectivity index is 1.50. The minimum atomic E-state index is -0.235. The fraction of sp³-hybridized carbons (Fsp3) is 0.308. The molecule has 2 aromatic carbocycles. The molecule has 0 bridgehead atoms. The van der Waals surface area contributed by atoms with Gasteiger partial charge in [-0.15, -0.1) is 0 Å². The van der Waals surface area contributed by atoms with Crippen LogP contribution in [0, 0.1) is 19.8 Å². The Bertz CT molecular complexity index is 1000. The molecule has 1 saturated heterocycles. The lowest BCUT2D eigenvalue weighted by Gasteiger charge is -2.33. The summed E-state index contributed by atoms with van der Waals surface area (Å²) < 4.78 is 5.52. The van der Waals surface area contributed by atoms with Crippen molar-refractivity contribution in [1.29, 1.82) is 0 Å². The SMILES string of the molecule is Cc1cc(C(=O)N2CCCC(C(=O)NC(c3ccccc3)c3ccccc3)C2)c(C)o1. The van der Waals surface area contributed by atoms with Crippen molar-refractivity contribution < 1.29 is 14.0 Å². The van der Waals surface area contributed by atoms with Gasteiger partial charge in [-0.05, 0) is 43.9 Å². The van der Waals surface area contributed by atoms with E-state index in [4.69, 9.17) is 4.42 Å². The average Bonchev–Trinajstić information content (AvgIpc) is 3.15. The molecule has 0 aliphatic carbocycles. The molecule has 4 rings (SSSR count). The fourth-order valence-electron chi connectivity index (χ4n) is 4.30. The van der Waals surface area contributed by atoms with Crippen LogP contribution in [0.4, 0.5) is 0 Å². The number of furan rings is 1. The zero-order valence-electron chi connectivity index (χ0n) is 18.0. The summed E-state index contributed by atoms with van der Waals surface area (Å²) in [7, 11) is 0. The summed E-state index contributed by atoms with van der Waals surface area (Å²) in [4.78, 5) is 28.0. The van der Waals surface area contributed by atoms with Crippen LogP contribution in [0.15, 0.2) is 71.1 Å². The molecule has 1 atom stereocenters. The largest absolute Gasteiger partial charge is 0.466 e. The first-order valence-electron chi connectivity index (χ1n) is 10.8. The van der Waals surface area contributed by atoms with E-state index in [0.29, 0.717) is 24.4 Å². The standard InChI is InChI=1S/C26H28N2O3/c1-18-16-23(19(2)31-18)26(30)28-15-9-14-22(17-28)25(29)27-24(20-10-5-3-6-11-20)21-12-7-4-8-13-21/h3-8,10-13,16,22,24H,9,14-15,17H2,1-2H3,(H,27,29). The van der Waals surface area contributed by atoms with Crippen LogP contribution < -0.4 is 5.32 Å². The lowest BCUT2D eigenvalue weighted by atomic mass is 9.94. The summed E-state index contributed by atoms with van der Waals surface area (Å²) in [5, 5.41) is 3.24. The van der Waals surface area contributed by atoms with Crippen LogP contribution in [0.25, 0.3) is 0 Å². The number of nitrogens with zero attached hydrogens (tertiary/aromatic N) is 1. The third kappa shape index (κ3) is 4.71. The number of rotatable bonds is 5. The number of hydrogen-bond donors (Lipinski definition) is 1. The van der Waals surface area contributed by atoms with Crippen LogP contribution in [-0.2, 0) is 4.79 Å². The summed E-state index contributed by atoms with van der Waals surface area (Å²) in [5.74, 6) is 1.04. The van der Waals surface area contributed by atoms with Crippen LogP contribution in [0.2, 0.25) is 0 Å². The third-order valence-corrected chi connectivity index (χ3v) is 5.90. The van der Waals surface area contributed by atoms with Gasteiger partial charge in [-0.1, -0.05) is 60.7 Å². The molecular weight excluding hydrogens is 388 g/mol. The second kappa shape index (κ2) is 9.21. The van der Waals surface area contributed by atoms with Gasteiger partial charge in [-0.25, -0.2) is 0 Å². The first-order chi connectivity index (χ1) is 15.0. The summed E-state index contributed by atoms with van der Waals surface area (Å²) >= 11 is 0. The number of aryl methyl sites for hydroxylation is 2. The second-order valence-corrected chi connectivity index (χ2v) is 8.18. The van der Waals surface area contributed by atoms with Gasteiger partial charge < -0.3 is 14.6 Å². The van der Waals surface area contributed by atoms with E-state index in [1.54, 1.807) is 17.9 Å². The van der Waals surface area contributed by atoms with Crippen molar-refractivity contribution in [2.24, 2.45) is 5.92 Å². The molecule has 1 fully saturated rings. The number of amides is 2. The molecule has 0 spiro atoms. The first kappa shape index (κ1) is 20.9. The van der Waals surface area contributed by atoms with Crippen molar-refractivity contribution >= 4 is 11.8 Å². The van der Waals surface area contributed by atoms with E-state index in [-0.39, 0.29) is 23.8 Å². The molecule has 160 valence electrons. The topological polar surface area (TPSA) is 62.6 Å². The zero-order chi connectivity index (χ0) is 21.8. The Morgan fingerprint density at radius 1 is 1.00 bits per heavy atom. The molecular formula is C26H28N2O3. The van der Waals surface area contributed by atoms with E-state index >= 15 is 0 Å². The number of hydrogen-bond acceptors (Lipinski definition) is 3. The number of piperidine rings is 1. The van der Waals surface area contributed by atoms with Gasteiger partial charge in [-0.3, -0.25) is 9.59 Å². The van der Waals surface area contributed by atoms with Crippen LogP contribution in [0.1, 0.15) is 51.9 Å². The van der Waals surface area contributed by atoms with Gasteiger partial charge in [0.05, 0.1) is 17.5 Å². The quantitative estimate of drug-likeness (QED) is 0.658. The number of nitrogens with one attached hydrogen (secondary N) is 1.